The quantitative estimate of drug-likeness (QED) is 0.511. The second-order valence-corrected chi connectivity index (χ2v) is 7.67. The molecule has 1 aromatic heterocycles. The van der Waals surface area contributed by atoms with Crippen molar-refractivity contribution < 1.29 is 9.84 Å². The normalized spacial score (nSPS) is 15.1. The number of hydrogen-bond acceptors (Lipinski definition) is 7. The van der Waals surface area contributed by atoms with Gasteiger partial charge in [-0.25, -0.2) is 9.36 Å². The molecule has 172 valence electrons. The maximum absolute atomic E-state index is 12.6. The molecule has 3 N–H and O–H groups in total. The number of para-hydroxylation sites is 2. The van der Waals surface area contributed by atoms with Crippen LogP contribution in [0, 0.1) is 0 Å². The van der Waals surface area contributed by atoms with E-state index in [1.165, 1.54) is 7.11 Å². The lowest BCUT2D eigenvalue weighted by molar-refractivity contribution is 0.401. The van der Waals surface area contributed by atoms with Crippen LogP contribution >= 0.6 is 0 Å². The van der Waals surface area contributed by atoms with E-state index < -0.39 is 17.1 Å². The van der Waals surface area contributed by atoms with Gasteiger partial charge < -0.3 is 20.2 Å². The molecular formula is C24H27N5O4. The fraction of sp³-hybridized carbons (Fsp3) is 0.292. The Morgan fingerprint density at radius 1 is 1.12 bits per heavy atom. The Hall–Kier alpha value is -4.01. The highest BCUT2D eigenvalue weighted by Crippen LogP contribution is 2.30. The minimum atomic E-state index is -0.763. The Morgan fingerprint density at radius 2 is 1.82 bits per heavy atom. The van der Waals surface area contributed by atoms with Crippen LogP contribution < -0.4 is 26.3 Å². The van der Waals surface area contributed by atoms with Gasteiger partial charge in [0.1, 0.15) is 11.3 Å². The van der Waals surface area contributed by atoms with E-state index in [1.54, 1.807) is 24.3 Å². The van der Waals surface area contributed by atoms with E-state index in [1.807, 2.05) is 12.1 Å². The highest BCUT2D eigenvalue weighted by Gasteiger charge is 2.28. The number of anilines is 1. The number of benzene rings is 2. The predicted molar refractivity (Wildman–Crippen MR) is 128 cm³/mol. The largest absolute Gasteiger partial charge is 0.495 e. The number of aromatic amines is 1. The van der Waals surface area contributed by atoms with Crippen molar-refractivity contribution in [1.29, 1.82) is 0 Å². The summed E-state index contributed by atoms with van der Waals surface area (Å²) in [5.41, 5.74) is 4.38. The molecular weight excluding hydrogens is 422 g/mol. The average Bonchev–Trinajstić information content (AvgIpc) is 3.30. The van der Waals surface area contributed by atoms with Crippen LogP contribution in [0.15, 0.2) is 63.2 Å². The van der Waals surface area contributed by atoms with Crippen LogP contribution in [0.5, 0.6) is 11.6 Å². The summed E-state index contributed by atoms with van der Waals surface area (Å²) >= 11 is 0. The van der Waals surface area contributed by atoms with Gasteiger partial charge in [0.05, 0.1) is 24.6 Å². The van der Waals surface area contributed by atoms with Gasteiger partial charge in [0.15, 0.2) is 0 Å². The number of ether oxygens (including phenoxy) is 1. The maximum atomic E-state index is 12.6. The molecule has 0 saturated carbocycles. The molecule has 0 radical (unpaired) electrons. The molecule has 0 aliphatic carbocycles. The first-order valence-electron chi connectivity index (χ1n) is 10.9. The summed E-state index contributed by atoms with van der Waals surface area (Å²) in [7, 11) is 1.47. The third kappa shape index (κ3) is 4.09. The van der Waals surface area contributed by atoms with E-state index in [9.17, 15) is 14.7 Å². The molecule has 9 nitrogen and oxygen atoms in total. The van der Waals surface area contributed by atoms with Crippen LogP contribution in [0.2, 0.25) is 0 Å². The van der Waals surface area contributed by atoms with Gasteiger partial charge >= 0.3 is 5.69 Å². The van der Waals surface area contributed by atoms with Crippen LogP contribution in [-0.2, 0) is 0 Å². The fourth-order valence-corrected chi connectivity index (χ4v) is 4.12. The number of aromatic hydroxyl groups is 1. The molecule has 1 aliphatic rings. The van der Waals surface area contributed by atoms with Crippen LogP contribution in [0.25, 0.3) is 5.69 Å². The molecule has 4 rings (SSSR count). The van der Waals surface area contributed by atoms with E-state index in [4.69, 9.17) is 4.74 Å². The second kappa shape index (κ2) is 9.23. The summed E-state index contributed by atoms with van der Waals surface area (Å²) in [5.74, 6) is -0.100. The first kappa shape index (κ1) is 22.2. The number of H-pyrrole nitrogens is 1. The van der Waals surface area contributed by atoms with Crippen molar-refractivity contribution in [2.24, 2.45) is 5.10 Å². The van der Waals surface area contributed by atoms with Crippen molar-refractivity contribution in [2.45, 2.75) is 26.3 Å². The minimum absolute atomic E-state index is 0.0460. The topological polar surface area (TPSA) is 112 Å². The van der Waals surface area contributed by atoms with Gasteiger partial charge in [-0.2, -0.15) is 5.10 Å². The van der Waals surface area contributed by atoms with Gasteiger partial charge in [-0.3, -0.25) is 9.78 Å². The summed E-state index contributed by atoms with van der Waals surface area (Å²) < 4.78 is 6.33. The fourth-order valence-electron chi connectivity index (χ4n) is 4.12. The van der Waals surface area contributed by atoms with Crippen molar-refractivity contribution in [3.8, 4) is 17.3 Å². The SMILES string of the molecule is CCN(CC)c1ccc([C@@H]2CC(c3c(O)n(-c4ccccc4OC)c(=O)[nH]c3=O)=NN2)cc1. The standard InChI is InChI=1S/C24H27N5O4/c1-4-28(5-2)16-12-10-15(11-13-16)17-14-18(27-26-17)21-22(30)25-24(32)29(23(21)31)19-8-6-7-9-20(19)33-3/h6-13,17,26,31H,4-5,14H2,1-3H3,(H,25,30,32)/t17-/m0/s1. The average molecular weight is 450 g/mol. The van der Waals surface area contributed by atoms with Gasteiger partial charge in [-0.1, -0.05) is 24.3 Å². The summed E-state index contributed by atoms with van der Waals surface area (Å²) in [6.07, 6.45) is 0.380. The molecule has 1 atom stereocenters. The second-order valence-electron chi connectivity index (χ2n) is 7.67. The van der Waals surface area contributed by atoms with Gasteiger partial charge in [0.25, 0.3) is 5.56 Å². The molecule has 0 amide bonds. The number of aromatic nitrogens is 2. The van der Waals surface area contributed by atoms with Crippen molar-refractivity contribution in [2.75, 3.05) is 25.1 Å². The molecule has 0 fully saturated rings. The molecule has 0 unspecified atom stereocenters. The Bertz CT molecular complexity index is 1290. The molecule has 9 heteroatoms. The number of rotatable bonds is 7. The van der Waals surface area contributed by atoms with Crippen LogP contribution in [0.1, 0.15) is 37.4 Å². The highest BCUT2D eigenvalue weighted by molar-refractivity contribution is 6.03. The molecule has 33 heavy (non-hydrogen) atoms. The molecule has 2 heterocycles. The zero-order valence-electron chi connectivity index (χ0n) is 18.8. The monoisotopic (exact) mass is 449 g/mol. The predicted octanol–water partition coefficient (Wildman–Crippen LogP) is 2.52. The Kier molecular flexibility index (Phi) is 6.21. The smallest absolute Gasteiger partial charge is 0.335 e. The van der Waals surface area contributed by atoms with E-state index in [2.05, 4.69) is 46.4 Å². The van der Waals surface area contributed by atoms with Crippen molar-refractivity contribution in [3.63, 3.8) is 0 Å². The van der Waals surface area contributed by atoms with Gasteiger partial charge in [-0.15, -0.1) is 0 Å². The van der Waals surface area contributed by atoms with E-state index >= 15 is 0 Å². The first-order chi connectivity index (χ1) is 16.0. The summed E-state index contributed by atoms with van der Waals surface area (Å²) in [6.45, 7) is 6.08. The number of hydrazone groups is 1. The van der Waals surface area contributed by atoms with Crippen molar-refractivity contribution >= 4 is 11.4 Å². The molecule has 1 aliphatic heterocycles. The van der Waals surface area contributed by atoms with Crippen molar-refractivity contribution in [1.82, 2.24) is 15.0 Å². The zero-order chi connectivity index (χ0) is 23.5. The van der Waals surface area contributed by atoms with Crippen LogP contribution in [0.4, 0.5) is 5.69 Å². The molecule has 0 spiro atoms. The lowest BCUT2D eigenvalue weighted by atomic mass is 9.99. The Balaban J connectivity index is 1.66. The number of methoxy groups -OCH3 is 1. The number of hydrogen-bond donors (Lipinski definition) is 3. The lowest BCUT2D eigenvalue weighted by Crippen LogP contribution is -2.33. The van der Waals surface area contributed by atoms with Gasteiger partial charge in [0, 0.05) is 25.2 Å². The third-order valence-corrected chi connectivity index (χ3v) is 5.88. The van der Waals surface area contributed by atoms with E-state index in [-0.39, 0.29) is 11.6 Å². The number of nitrogens with zero attached hydrogens (tertiary/aromatic N) is 3. The summed E-state index contributed by atoms with van der Waals surface area (Å²) in [4.78, 5) is 29.7. The number of nitrogens with one attached hydrogen (secondary N) is 2. The van der Waals surface area contributed by atoms with Crippen molar-refractivity contribution in [3.05, 3.63) is 80.5 Å². The highest BCUT2D eigenvalue weighted by atomic mass is 16.5. The summed E-state index contributed by atoms with van der Waals surface area (Å²) in [6, 6.07) is 14.8. The molecule has 0 bridgehead atoms. The third-order valence-electron chi connectivity index (χ3n) is 5.88. The first-order valence-corrected chi connectivity index (χ1v) is 10.9. The zero-order valence-corrected chi connectivity index (χ0v) is 18.8. The van der Waals surface area contributed by atoms with E-state index in [0.717, 1.165) is 28.9 Å². The lowest BCUT2D eigenvalue weighted by Gasteiger charge is -2.21. The molecule has 0 saturated heterocycles. The molecule has 3 aromatic rings. The van der Waals surface area contributed by atoms with Crippen LogP contribution in [0.3, 0.4) is 0 Å². The molecule has 2 aromatic carbocycles. The Labute approximate surface area is 191 Å². The van der Waals surface area contributed by atoms with Gasteiger partial charge in [-0.05, 0) is 43.7 Å². The van der Waals surface area contributed by atoms with Crippen LogP contribution in [-0.4, -0.2) is 40.6 Å². The minimum Gasteiger partial charge on any atom is -0.495 e. The Morgan fingerprint density at radius 3 is 2.48 bits per heavy atom. The van der Waals surface area contributed by atoms with Gasteiger partial charge in [0.2, 0.25) is 5.88 Å². The maximum Gasteiger partial charge on any atom is 0.335 e. The van der Waals surface area contributed by atoms with E-state index in [0.29, 0.717) is 23.6 Å². The summed E-state index contributed by atoms with van der Waals surface area (Å²) in [5, 5.41) is 15.3.